The van der Waals surface area contributed by atoms with Crippen LogP contribution < -0.4 is 19.7 Å². The number of hydrogen-bond acceptors (Lipinski definition) is 6. The monoisotopic (exact) mass is 405 g/mol. The van der Waals surface area contributed by atoms with Crippen LogP contribution in [0.4, 0.5) is 5.00 Å². The van der Waals surface area contributed by atoms with Gasteiger partial charge in [-0.15, -0.1) is 11.3 Å². The van der Waals surface area contributed by atoms with E-state index in [1.807, 2.05) is 0 Å². The van der Waals surface area contributed by atoms with Crippen LogP contribution in [0.25, 0.3) is 0 Å². The summed E-state index contributed by atoms with van der Waals surface area (Å²) in [5.41, 5.74) is 1.87. The molecule has 0 bridgehead atoms. The van der Waals surface area contributed by atoms with Gasteiger partial charge in [0.15, 0.2) is 0 Å². The van der Waals surface area contributed by atoms with Gasteiger partial charge in [0.2, 0.25) is 0 Å². The third-order valence-corrected chi connectivity index (χ3v) is 5.82. The molecule has 0 saturated carbocycles. The number of thiophene rings is 1. The van der Waals surface area contributed by atoms with Gasteiger partial charge in [-0.3, -0.25) is 4.79 Å². The predicted molar refractivity (Wildman–Crippen MR) is 107 cm³/mol. The van der Waals surface area contributed by atoms with E-state index in [2.05, 4.69) is 12.4 Å². The van der Waals surface area contributed by atoms with E-state index in [9.17, 15) is 9.59 Å². The normalized spacial score (nSPS) is 15.5. The van der Waals surface area contributed by atoms with Crippen molar-refractivity contribution in [2.24, 2.45) is 0 Å². The number of likely N-dealkylation sites (N-methyl/N-ethyl adjacent to an activating group) is 1. The summed E-state index contributed by atoms with van der Waals surface area (Å²) in [7, 11) is 5.18. The minimum absolute atomic E-state index is 0.287. The van der Waals surface area contributed by atoms with Crippen LogP contribution in [-0.2, 0) is 17.7 Å². The lowest BCUT2D eigenvalue weighted by Crippen LogP contribution is -3.08. The number of anilines is 1. The van der Waals surface area contributed by atoms with Gasteiger partial charge in [-0.1, -0.05) is 0 Å². The van der Waals surface area contributed by atoms with Crippen LogP contribution in [0.5, 0.6) is 11.5 Å². The molecule has 0 spiro atoms. The molecule has 1 amide bonds. The van der Waals surface area contributed by atoms with E-state index in [1.54, 1.807) is 25.1 Å². The largest absolute Gasteiger partial charge is 0.497 e. The highest BCUT2D eigenvalue weighted by molar-refractivity contribution is 7.17. The SMILES string of the molecule is CCOC(=O)c1c(NC(=O)c2cc(OC)cc(OC)c2)sc2c1CC[NH+](C)C2. The molecular formula is C20H25N2O5S+. The minimum Gasteiger partial charge on any atom is -0.497 e. The van der Waals surface area contributed by atoms with Crippen LogP contribution in [-0.4, -0.2) is 46.3 Å². The number of hydrogen-bond donors (Lipinski definition) is 2. The summed E-state index contributed by atoms with van der Waals surface area (Å²) in [5, 5.41) is 3.43. The number of esters is 1. The van der Waals surface area contributed by atoms with Gasteiger partial charge >= 0.3 is 5.97 Å². The molecule has 1 atom stereocenters. The van der Waals surface area contributed by atoms with Crippen molar-refractivity contribution in [3.63, 3.8) is 0 Å². The molecule has 1 aromatic carbocycles. The second kappa shape index (κ2) is 8.62. The van der Waals surface area contributed by atoms with Gasteiger partial charge in [0, 0.05) is 18.1 Å². The molecule has 0 radical (unpaired) electrons. The zero-order chi connectivity index (χ0) is 20.3. The topological polar surface area (TPSA) is 78.3 Å². The maximum Gasteiger partial charge on any atom is 0.341 e. The van der Waals surface area contributed by atoms with Crippen molar-refractivity contribution < 1.29 is 28.7 Å². The maximum absolute atomic E-state index is 12.9. The van der Waals surface area contributed by atoms with Gasteiger partial charge in [-0.25, -0.2) is 4.79 Å². The lowest BCUT2D eigenvalue weighted by Gasteiger charge is -2.19. The molecule has 0 aliphatic carbocycles. The second-order valence-electron chi connectivity index (χ2n) is 6.62. The molecule has 1 unspecified atom stereocenters. The smallest absolute Gasteiger partial charge is 0.341 e. The Labute approximate surface area is 168 Å². The van der Waals surface area contributed by atoms with Crippen molar-refractivity contribution in [1.29, 1.82) is 0 Å². The summed E-state index contributed by atoms with van der Waals surface area (Å²) >= 11 is 1.45. The van der Waals surface area contributed by atoms with E-state index in [4.69, 9.17) is 14.2 Å². The molecule has 8 heteroatoms. The first kappa shape index (κ1) is 20.2. The molecule has 2 aromatic rings. The van der Waals surface area contributed by atoms with Crippen LogP contribution in [0.1, 0.15) is 38.1 Å². The highest BCUT2D eigenvalue weighted by Gasteiger charge is 2.30. The van der Waals surface area contributed by atoms with Gasteiger partial charge in [0.25, 0.3) is 5.91 Å². The van der Waals surface area contributed by atoms with E-state index in [0.717, 1.165) is 30.0 Å². The van der Waals surface area contributed by atoms with Crippen molar-refractivity contribution >= 4 is 28.2 Å². The Morgan fingerprint density at radius 3 is 2.46 bits per heavy atom. The predicted octanol–water partition coefficient (Wildman–Crippen LogP) is 1.77. The number of rotatable bonds is 6. The number of amides is 1. The van der Waals surface area contributed by atoms with E-state index in [1.165, 1.54) is 30.5 Å². The zero-order valence-corrected chi connectivity index (χ0v) is 17.3. The van der Waals surface area contributed by atoms with Gasteiger partial charge in [-0.05, 0) is 24.6 Å². The molecule has 1 aliphatic heterocycles. The van der Waals surface area contributed by atoms with Crippen molar-refractivity contribution in [1.82, 2.24) is 0 Å². The van der Waals surface area contributed by atoms with Crippen molar-refractivity contribution in [3.05, 3.63) is 39.8 Å². The van der Waals surface area contributed by atoms with Crippen LogP contribution in [0.2, 0.25) is 0 Å². The number of ether oxygens (including phenoxy) is 3. The van der Waals surface area contributed by atoms with E-state index in [0.29, 0.717) is 27.6 Å². The van der Waals surface area contributed by atoms with Crippen LogP contribution in [0, 0.1) is 0 Å². The Balaban J connectivity index is 1.95. The summed E-state index contributed by atoms with van der Waals surface area (Å²) in [4.78, 5) is 28.0. The molecular weight excluding hydrogens is 380 g/mol. The average molecular weight is 405 g/mol. The number of quaternary nitrogens is 1. The lowest BCUT2D eigenvalue weighted by atomic mass is 10.0. The molecule has 28 heavy (non-hydrogen) atoms. The summed E-state index contributed by atoms with van der Waals surface area (Å²) < 4.78 is 15.7. The van der Waals surface area contributed by atoms with Crippen molar-refractivity contribution in [2.45, 2.75) is 19.9 Å². The molecule has 0 saturated heterocycles. The fourth-order valence-electron chi connectivity index (χ4n) is 3.24. The number of fused-ring (bicyclic) bond motifs is 1. The Morgan fingerprint density at radius 2 is 1.86 bits per heavy atom. The lowest BCUT2D eigenvalue weighted by molar-refractivity contribution is -0.895. The molecule has 0 fully saturated rings. The fraction of sp³-hybridized carbons (Fsp3) is 0.400. The Morgan fingerprint density at radius 1 is 1.18 bits per heavy atom. The first-order valence-electron chi connectivity index (χ1n) is 9.14. The van der Waals surface area contributed by atoms with E-state index < -0.39 is 5.97 Å². The molecule has 150 valence electrons. The molecule has 3 rings (SSSR count). The van der Waals surface area contributed by atoms with Crippen LogP contribution >= 0.6 is 11.3 Å². The van der Waals surface area contributed by atoms with E-state index >= 15 is 0 Å². The Kier molecular flexibility index (Phi) is 6.21. The van der Waals surface area contributed by atoms with Gasteiger partial charge in [0.1, 0.15) is 23.0 Å². The van der Waals surface area contributed by atoms with Crippen LogP contribution in [0.3, 0.4) is 0 Å². The average Bonchev–Trinajstić information content (AvgIpc) is 3.04. The summed E-state index contributed by atoms with van der Waals surface area (Å²) in [6.07, 6.45) is 0.786. The summed E-state index contributed by atoms with van der Waals surface area (Å²) in [5.74, 6) is 0.316. The molecule has 1 aromatic heterocycles. The van der Waals surface area contributed by atoms with E-state index in [-0.39, 0.29) is 12.5 Å². The van der Waals surface area contributed by atoms with Gasteiger partial charge < -0.3 is 24.4 Å². The summed E-state index contributed by atoms with van der Waals surface area (Å²) in [6.45, 7) is 3.83. The molecule has 7 nitrogen and oxygen atoms in total. The Bertz CT molecular complexity index is 871. The number of carbonyl (C=O) groups is 2. The Hall–Kier alpha value is -2.58. The molecule has 2 heterocycles. The van der Waals surface area contributed by atoms with Gasteiger partial charge in [-0.2, -0.15) is 0 Å². The zero-order valence-electron chi connectivity index (χ0n) is 16.5. The quantitative estimate of drug-likeness (QED) is 0.716. The maximum atomic E-state index is 12.9. The second-order valence-corrected chi connectivity index (χ2v) is 7.72. The molecule has 2 N–H and O–H groups in total. The first-order chi connectivity index (χ1) is 13.5. The van der Waals surface area contributed by atoms with Crippen molar-refractivity contribution in [3.8, 4) is 11.5 Å². The third-order valence-electron chi connectivity index (χ3n) is 4.68. The fourth-order valence-corrected chi connectivity index (χ4v) is 4.59. The summed E-state index contributed by atoms with van der Waals surface area (Å²) in [6, 6.07) is 4.96. The van der Waals surface area contributed by atoms with Gasteiger partial charge in [0.05, 0.1) is 44.9 Å². The standard InChI is InChI=1S/C20H24N2O5S/c1-5-27-20(24)17-15-6-7-22(2)11-16(15)28-19(17)21-18(23)12-8-13(25-3)10-14(9-12)26-4/h8-10H,5-7,11H2,1-4H3,(H,21,23)/p+1. The highest BCUT2D eigenvalue weighted by atomic mass is 32.1. The van der Waals surface area contributed by atoms with Crippen molar-refractivity contribution in [2.75, 3.05) is 39.7 Å². The third kappa shape index (κ3) is 4.13. The number of methoxy groups -OCH3 is 2. The number of carbonyl (C=O) groups excluding carboxylic acids is 2. The highest BCUT2D eigenvalue weighted by Crippen LogP contribution is 2.36. The molecule has 1 aliphatic rings. The number of benzene rings is 1. The number of nitrogens with one attached hydrogen (secondary N) is 2. The van der Waals surface area contributed by atoms with Crippen LogP contribution in [0.15, 0.2) is 18.2 Å². The minimum atomic E-state index is -0.391. The first-order valence-corrected chi connectivity index (χ1v) is 9.95.